The Labute approximate surface area is 216 Å². The number of benzene rings is 1. The molecular weight excluding hydrogens is 466 g/mol. The summed E-state index contributed by atoms with van der Waals surface area (Å²) in [7, 11) is 0. The first-order valence-electron chi connectivity index (χ1n) is 12.6. The lowest BCUT2D eigenvalue weighted by Crippen LogP contribution is -2.26. The fourth-order valence-corrected chi connectivity index (χ4v) is 4.39. The van der Waals surface area contributed by atoms with Crippen molar-refractivity contribution in [2.75, 3.05) is 6.54 Å². The van der Waals surface area contributed by atoms with Crippen molar-refractivity contribution < 1.29 is 4.79 Å². The van der Waals surface area contributed by atoms with E-state index in [1.807, 2.05) is 57.3 Å². The van der Waals surface area contributed by atoms with Crippen molar-refractivity contribution in [3.8, 4) is 16.9 Å². The molecule has 0 aliphatic carbocycles. The Morgan fingerprint density at radius 2 is 1.81 bits per heavy atom. The van der Waals surface area contributed by atoms with Gasteiger partial charge in [0.2, 0.25) is 5.91 Å². The van der Waals surface area contributed by atoms with Crippen LogP contribution in [0.4, 0.5) is 0 Å². The third kappa shape index (κ3) is 6.55. The first-order valence-corrected chi connectivity index (χ1v) is 12.6. The topological polar surface area (TPSA) is 108 Å². The van der Waals surface area contributed by atoms with E-state index in [9.17, 15) is 9.59 Å². The number of rotatable bonds is 10. The molecule has 0 unspecified atom stereocenters. The quantitative estimate of drug-likeness (QED) is 0.329. The van der Waals surface area contributed by atoms with Crippen LogP contribution in [0.15, 0.2) is 59.9 Å². The van der Waals surface area contributed by atoms with Crippen LogP contribution in [-0.2, 0) is 4.79 Å². The number of aromatic nitrogens is 6. The van der Waals surface area contributed by atoms with Gasteiger partial charge < -0.3 is 5.32 Å². The van der Waals surface area contributed by atoms with E-state index in [1.165, 1.54) is 6.92 Å². The molecule has 1 N–H and O–H groups in total. The lowest BCUT2D eigenvalue weighted by Gasteiger charge is -2.20. The molecule has 0 aliphatic heterocycles. The van der Waals surface area contributed by atoms with Crippen LogP contribution in [0.1, 0.15) is 61.2 Å². The Balaban J connectivity index is 1.64. The highest BCUT2D eigenvalue weighted by molar-refractivity contribution is 5.72. The number of unbranched alkanes of at least 4 members (excludes halogenated alkanes) is 2. The van der Waals surface area contributed by atoms with Crippen LogP contribution in [-0.4, -0.2) is 42.0 Å². The van der Waals surface area contributed by atoms with Gasteiger partial charge in [-0.2, -0.15) is 0 Å². The molecular formula is C28H33N7O2. The molecule has 0 spiro atoms. The summed E-state index contributed by atoms with van der Waals surface area (Å²) in [5, 5.41) is 11.1. The minimum atomic E-state index is -0.232. The van der Waals surface area contributed by atoms with Crippen LogP contribution >= 0.6 is 0 Å². The molecule has 0 bridgehead atoms. The van der Waals surface area contributed by atoms with Crippen molar-refractivity contribution in [2.45, 2.75) is 59.4 Å². The molecule has 4 rings (SSSR count). The van der Waals surface area contributed by atoms with Crippen LogP contribution in [0.3, 0.4) is 0 Å². The van der Waals surface area contributed by atoms with Crippen molar-refractivity contribution >= 4 is 5.91 Å². The number of nitrogens with one attached hydrogen (secondary N) is 1. The highest BCUT2D eigenvalue weighted by atomic mass is 16.1. The van der Waals surface area contributed by atoms with Crippen molar-refractivity contribution in [1.29, 1.82) is 0 Å². The second-order valence-corrected chi connectivity index (χ2v) is 9.45. The first kappa shape index (κ1) is 25.9. The molecule has 0 fully saturated rings. The minimum absolute atomic E-state index is 0.0183. The summed E-state index contributed by atoms with van der Waals surface area (Å²) in [6.07, 6.45) is 8.71. The fraction of sp³-hybridized carbons (Fsp3) is 0.357. The van der Waals surface area contributed by atoms with Gasteiger partial charge in [-0.25, -0.2) is 9.67 Å². The molecule has 4 aromatic rings. The van der Waals surface area contributed by atoms with E-state index in [-0.39, 0.29) is 17.5 Å². The molecule has 9 nitrogen and oxygen atoms in total. The first-order chi connectivity index (χ1) is 17.8. The van der Waals surface area contributed by atoms with Crippen molar-refractivity contribution in [2.24, 2.45) is 0 Å². The van der Waals surface area contributed by atoms with Crippen molar-refractivity contribution in [3.05, 3.63) is 88.0 Å². The van der Waals surface area contributed by atoms with E-state index >= 15 is 0 Å². The Hall–Kier alpha value is -4.14. The SMILES string of the molecule is CC(=O)NCCCCC[C@@H](c1cc(C)ccn1)n1cnc(-c2cc(C)ccc2-n2cc(C)nn2)cc1=O. The van der Waals surface area contributed by atoms with E-state index in [2.05, 4.69) is 20.6 Å². The van der Waals surface area contributed by atoms with Crippen molar-refractivity contribution in [1.82, 2.24) is 34.8 Å². The number of amides is 1. The van der Waals surface area contributed by atoms with E-state index in [4.69, 9.17) is 4.98 Å². The van der Waals surface area contributed by atoms with E-state index in [1.54, 1.807) is 27.8 Å². The summed E-state index contributed by atoms with van der Waals surface area (Å²) in [6, 6.07) is 11.3. The number of nitrogens with zero attached hydrogens (tertiary/aromatic N) is 6. The molecule has 192 valence electrons. The normalized spacial score (nSPS) is 11.9. The van der Waals surface area contributed by atoms with Gasteiger partial charge in [0.05, 0.1) is 41.3 Å². The Morgan fingerprint density at radius 3 is 2.51 bits per heavy atom. The Kier molecular flexibility index (Phi) is 8.22. The lowest BCUT2D eigenvalue weighted by atomic mass is 10.0. The molecule has 3 aromatic heterocycles. The van der Waals surface area contributed by atoms with Crippen molar-refractivity contribution in [3.63, 3.8) is 0 Å². The number of pyridine rings is 1. The third-order valence-corrected chi connectivity index (χ3v) is 6.26. The third-order valence-electron chi connectivity index (χ3n) is 6.26. The van der Waals surface area contributed by atoms with E-state index in [0.717, 1.165) is 59.4 Å². The molecule has 0 saturated heterocycles. The van der Waals surface area contributed by atoms with Crippen LogP contribution in [0, 0.1) is 20.8 Å². The van der Waals surface area contributed by atoms with Gasteiger partial charge in [0.15, 0.2) is 0 Å². The number of hydrogen-bond acceptors (Lipinski definition) is 6. The predicted molar refractivity (Wildman–Crippen MR) is 143 cm³/mol. The van der Waals surface area contributed by atoms with E-state index in [0.29, 0.717) is 12.2 Å². The molecule has 1 aromatic carbocycles. The predicted octanol–water partition coefficient (Wildman–Crippen LogP) is 4.10. The van der Waals surface area contributed by atoms with Gasteiger partial charge >= 0.3 is 0 Å². The second-order valence-electron chi connectivity index (χ2n) is 9.45. The van der Waals surface area contributed by atoms with Gasteiger partial charge in [-0.3, -0.25) is 19.1 Å². The van der Waals surface area contributed by atoms with Gasteiger partial charge in [0, 0.05) is 31.3 Å². The van der Waals surface area contributed by atoms with Gasteiger partial charge in [0.25, 0.3) is 5.56 Å². The van der Waals surface area contributed by atoms with Gasteiger partial charge in [-0.15, -0.1) is 5.10 Å². The molecule has 0 aliphatic rings. The summed E-state index contributed by atoms with van der Waals surface area (Å²) in [5.74, 6) is -0.0183. The highest BCUT2D eigenvalue weighted by Gasteiger charge is 2.19. The fourth-order valence-electron chi connectivity index (χ4n) is 4.39. The summed E-state index contributed by atoms with van der Waals surface area (Å²) in [4.78, 5) is 33.9. The number of carbonyl (C=O) groups is 1. The minimum Gasteiger partial charge on any atom is -0.356 e. The van der Waals surface area contributed by atoms with Crippen LogP contribution < -0.4 is 10.9 Å². The standard InChI is InChI=1S/C28H33N7O2/c1-19-9-10-26(35-17-21(3)32-33-35)23(14-19)24-16-28(37)34(18-31-24)27(25-15-20(2)11-13-30-25)8-6-5-7-12-29-22(4)36/h9-11,13-18,27H,5-8,12H2,1-4H3,(H,29,36)/t27-/m0/s1. The zero-order valence-electron chi connectivity index (χ0n) is 21.8. The summed E-state index contributed by atoms with van der Waals surface area (Å²) >= 11 is 0. The average molecular weight is 500 g/mol. The largest absolute Gasteiger partial charge is 0.356 e. The molecule has 1 amide bonds. The van der Waals surface area contributed by atoms with E-state index < -0.39 is 0 Å². The number of hydrogen-bond donors (Lipinski definition) is 1. The maximum Gasteiger partial charge on any atom is 0.254 e. The number of carbonyl (C=O) groups excluding carboxylic acids is 1. The summed E-state index contributed by atoms with van der Waals surface area (Å²) in [5.41, 5.74) is 5.87. The average Bonchev–Trinajstić information content (AvgIpc) is 3.29. The van der Waals surface area contributed by atoms with Gasteiger partial charge in [0.1, 0.15) is 0 Å². The molecule has 9 heteroatoms. The maximum absolute atomic E-state index is 13.5. The zero-order valence-corrected chi connectivity index (χ0v) is 21.8. The maximum atomic E-state index is 13.5. The Morgan fingerprint density at radius 1 is 1.00 bits per heavy atom. The Bertz CT molecular complexity index is 1440. The molecule has 0 radical (unpaired) electrons. The van der Waals surface area contributed by atoms with Gasteiger partial charge in [-0.1, -0.05) is 29.7 Å². The van der Waals surface area contributed by atoms with Crippen LogP contribution in [0.2, 0.25) is 0 Å². The van der Waals surface area contributed by atoms with Gasteiger partial charge in [-0.05, 0) is 63.4 Å². The van der Waals surface area contributed by atoms with Crippen LogP contribution in [0.5, 0.6) is 0 Å². The summed E-state index contributed by atoms with van der Waals surface area (Å²) in [6.45, 7) is 8.09. The second kappa shape index (κ2) is 11.7. The lowest BCUT2D eigenvalue weighted by molar-refractivity contribution is -0.118. The molecule has 37 heavy (non-hydrogen) atoms. The monoisotopic (exact) mass is 499 g/mol. The molecule has 0 saturated carbocycles. The summed E-state index contributed by atoms with van der Waals surface area (Å²) < 4.78 is 3.38. The van der Waals surface area contributed by atoms with Crippen LogP contribution in [0.25, 0.3) is 16.9 Å². The molecule has 1 atom stereocenters. The zero-order chi connectivity index (χ0) is 26.4. The number of aryl methyl sites for hydroxylation is 3. The highest BCUT2D eigenvalue weighted by Crippen LogP contribution is 2.27. The smallest absolute Gasteiger partial charge is 0.254 e. The molecule has 3 heterocycles.